The van der Waals surface area contributed by atoms with E-state index in [1.807, 2.05) is 0 Å². The number of likely N-dealkylation sites (N-methyl/N-ethyl adjacent to an activating group) is 1. The Morgan fingerprint density at radius 2 is 1.86 bits per heavy atom. The van der Waals surface area contributed by atoms with Crippen LogP contribution in [0.4, 0.5) is 0 Å². The smallest absolute Gasteiger partial charge is 0.311 e. The highest BCUT2D eigenvalue weighted by Gasteiger charge is 2.17. The minimum atomic E-state index is -0.808. The molecule has 1 amide bonds. The van der Waals surface area contributed by atoms with E-state index < -0.39 is 12.1 Å². The highest BCUT2D eigenvalue weighted by molar-refractivity contribution is 5.83. The monoisotopic (exact) mass is 295 g/mol. The number of amides is 1. The lowest BCUT2D eigenvalue weighted by atomic mass is 10.1. The van der Waals surface area contributed by atoms with Crippen LogP contribution in [0.1, 0.15) is 19.4 Å². The van der Waals surface area contributed by atoms with Crippen LogP contribution >= 0.6 is 0 Å². The van der Waals surface area contributed by atoms with Crippen molar-refractivity contribution in [1.82, 2.24) is 5.32 Å². The summed E-state index contributed by atoms with van der Waals surface area (Å²) in [4.78, 5) is 23.3. The van der Waals surface area contributed by atoms with E-state index in [0.29, 0.717) is 18.0 Å². The number of carbonyl (C=O) groups excluding carboxylic acids is 2. The molecule has 1 aromatic carbocycles. The minimum absolute atomic E-state index is 0.0596. The molecule has 0 aliphatic heterocycles. The molecule has 0 aromatic heterocycles. The van der Waals surface area contributed by atoms with Gasteiger partial charge in [-0.05, 0) is 31.5 Å². The van der Waals surface area contributed by atoms with Gasteiger partial charge in [0.15, 0.2) is 17.6 Å². The topological polar surface area (TPSA) is 73.9 Å². The number of carbonyl (C=O) groups is 2. The average Bonchev–Trinajstić information content (AvgIpc) is 2.47. The van der Waals surface area contributed by atoms with Gasteiger partial charge >= 0.3 is 5.97 Å². The Hall–Kier alpha value is -2.24. The number of hydrogen-bond acceptors (Lipinski definition) is 5. The number of nitrogens with one attached hydrogen (secondary N) is 1. The number of methoxy groups -OCH3 is 2. The molecule has 116 valence electrons. The number of benzene rings is 1. The summed E-state index contributed by atoms with van der Waals surface area (Å²) in [6.45, 7) is 3.84. The molecule has 6 nitrogen and oxygen atoms in total. The van der Waals surface area contributed by atoms with Crippen LogP contribution in [0.5, 0.6) is 11.5 Å². The van der Waals surface area contributed by atoms with Crippen molar-refractivity contribution in [2.45, 2.75) is 26.4 Å². The summed E-state index contributed by atoms with van der Waals surface area (Å²) in [6.07, 6.45) is -0.748. The largest absolute Gasteiger partial charge is 0.493 e. The van der Waals surface area contributed by atoms with E-state index in [9.17, 15) is 9.59 Å². The van der Waals surface area contributed by atoms with Gasteiger partial charge in [0, 0.05) is 6.54 Å². The Kier molecular flexibility index (Phi) is 6.52. The molecule has 1 N–H and O–H groups in total. The first kappa shape index (κ1) is 16.8. The van der Waals surface area contributed by atoms with Gasteiger partial charge in [-0.1, -0.05) is 6.07 Å². The van der Waals surface area contributed by atoms with Crippen molar-refractivity contribution in [3.8, 4) is 11.5 Å². The van der Waals surface area contributed by atoms with Crippen molar-refractivity contribution < 1.29 is 23.8 Å². The predicted octanol–water partition coefficient (Wildman–Crippen LogP) is 1.31. The second-order valence-corrected chi connectivity index (χ2v) is 4.39. The molecule has 0 unspecified atom stereocenters. The summed E-state index contributed by atoms with van der Waals surface area (Å²) in [7, 11) is 3.07. The fraction of sp³-hybridized carbons (Fsp3) is 0.467. The Morgan fingerprint density at radius 3 is 2.43 bits per heavy atom. The van der Waals surface area contributed by atoms with Gasteiger partial charge in [-0.15, -0.1) is 0 Å². The summed E-state index contributed by atoms with van der Waals surface area (Å²) in [5, 5.41) is 2.60. The molecule has 0 radical (unpaired) electrons. The SMILES string of the molecule is CCNC(=O)[C@H](C)OC(=O)Cc1ccc(OC)c(OC)c1. The molecule has 6 heteroatoms. The molecule has 1 atom stereocenters. The Balaban J connectivity index is 2.64. The number of esters is 1. The Bertz CT molecular complexity index is 501. The zero-order valence-electron chi connectivity index (χ0n) is 12.8. The van der Waals surface area contributed by atoms with Crippen LogP contribution in [0.15, 0.2) is 18.2 Å². The highest BCUT2D eigenvalue weighted by atomic mass is 16.5. The van der Waals surface area contributed by atoms with Crippen molar-refractivity contribution in [1.29, 1.82) is 0 Å². The molecule has 0 fully saturated rings. The normalized spacial score (nSPS) is 11.4. The highest BCUT2D eigenvalue weighted by Crippen LogP contribution is 2.27. The molecular formula is C15H21NO5. The number of rotatable bonds is 7. The zero-order chi connectivity index (χ0) is 15.8. The second kappa shape index (κ2) is 8.14. The van der Waals surface area contributed by atoms with Gasteiger partial charge in [0.2, 0.25) is 0 Å². The van der Waals surface area contributed by atoms with Crippen molar-refractivity contribution >= 4 is 11.9 Å². The van der Waals surface area contributed by atoms with Crippen LogP contribution < -0.4 is 14.8 Å². The van der Waals surface area contributed by atoms with Crippen molar-refractivity contribution in [3.63, 3.8) is 0 Å². The maximum absolute atomic E-state index is 11.8. The van der Waals surface area contributed by atoms with Crippen LogP contribution in [0.25, 0.3) is 0 Å². The zero-order valence-corrected chi connectivity index (χ0v) is 12.8. The van der Waals surface area contributed by atoms with E-state index in [-0.39, 0.29) is 12.3 Å². The van der Waals surface area contributed by atoms with Gasteiger partial charge in [0.1, 0.15) is 0 Å². The van der Waals surface area contributed by atoms with E-state index >= 15 is 0 Å². The maximum atomic E-state index is 11.8. The van der Waals surface area contributed by atoms with Gasteiger partial charge in [0.05, 0.1) is 20.6 Å². The van der Waals surface area contributed by atoms with Crippen LogP contribution in [-0.4, -0.2) is 38.7 Å². The summed E-state index contributed by atoms with van der Waals surface area (Å²) in [5.41, 5.74) is 0.723. The molecule has 1 aromatic rings. The summed E-state index contributed by atoms with van der Waals surface area (Å²) < 4.78 is 15.4. The van der Waals surface area contributed by atoms with Crippen LogP contribution in [0.2, 0.25) is 0 Å². The standard InChI is InChI=1S/C15H21NO5/c1-5-16-15(18)10(2)21-14(17)9-11-6-7-12(19-3)13(8-11)20-4/h6-8,10H,5,9H2,1-4H3,(H,16,18)/t10-/m0/s1. The second-order valence-electron chi connectivity index (χ2n) is 4.39. The van der Waals surface area contributed by atoms with Gasteiger partial charge in [-0.2, -0.15) is 0 Å². The first-order valence-electron chi connectivity index (χ1n) is 6.69. The molecule has 21 heavy (non-hydrogen) atoms. The van der Waals surface area contributed by atoms with Crippen LogP contribution in [0, 0.1) is 0 Å². The first-order chi connectivity index (χ1) is 10.0. The van der Waals surface area contributed by atoms with Gasteiger partial charge in [-0.25, -0.2) is 0 Å². The van der Waals surface area contributed by atoms with Crippen LogP contribution in [0.3, 0.4) is 0 Å². The van der Waals surface area contributed by atoms with Crippen molar-refractivity contribution in [3.05, 3.63) is 23.8 Å². The van der Waals surface area contributed by atoms with Gasteiger partial charge < -0.3 is 19.5 Å². The predicted molar refractivity (Wildman–Crippen MR) is 77.5 cm³/mol. The lowest BCUT2D eigenvalue weighted by Gasteiger charge is -2.13. The van der Waals surface area contributed by atoms with Gasteiger partial charge in [-0.3, -0.25) is 9.59 Å². The fourth-order valence-electron chi connectivity index (χ4n) is 1.77. The quantitative estimate of drug-likeness (QED) is 0.768. The molecule has 0 bridgehead atoms. The average molecular weight is 295 g/mol. The summed E-state index contributed by atoms with van der Waals surface area (Å²) in [6, 6.07) is 5.17. The molecule has 1 rings (SSSR count). The maximum Gasteiger partial charge on any atom is 0.311 e. The Morgan fingerprint density at radius 1 is 1.19 bits per heavy atom. The first-order valence-corrected chi connectivity index (χ1v) is 6.69. The lowest BCUT2D eigenvalue weighted by molar-refractivity contribution is -0.154. The molecule has 0 aliphatic rings. The van der Waals surface area contributed by atoms with Gasteiger partial charge in [0.25, 0.3) is 5.91 Å². The minimum Gasteiger partial charge on any atom is -0.493 e. The summed E-state index contributed by atoms with van der Waals surface area (Å²) in [5.74, 6) is 0.351. The van der Waals surface area contributed by atoms with Crippen LogP contribution in [-0.2, 0) is 20.7 Å². The molecule has 0 spiro atoms. The Labute approximate surface area is 124 Å². The molecule has 0 saturated heterocycles. The van der Waals surface area contributed by atoms with Crippen molar-refractivity contribution in [2.24, 2.45) is 0 Å². The van der Waals surface area contributed by atoms with Crippen molar-refractivity contribution in [2.75, 3.05) is 20.8 Å². The number of hydrogen-bond donors (Lipinski definition) is 1. The van der Waals surface area contributed by atoms with E-state index in [1.54, 1.807) is 32.2 Å². The summed E-state index contributed by atoms with van der Waals surface area (Å²) >= 11 is 0. The fourth-order valence-corrected chi connectivity index (χ4v) is 1.77. The molecular weight excluding hydrogens is 274 g/mol. The lowest BCUT2D eigenvalue weighted by Crippen LogP contribution is -2.35. The van der Waals surface area contributed by atoms with E-state index in [2.05, 4.69) is 5.32 Å². The third-order valence-electron chi connectivity index (χ3n) is 2.82. The third-order valence-corrected chi connectivity index (χ3v) is 2.82. The third kappa shape index (κ3) is 4.98. The van der Waals surface area contributed by atoms with E-state index in [4.69, 9.17) is 14.2 Å². The molecule has 0 saturated carbocycles. The molecule has 0 aliphatic carbocycles. The van der Waals surface area contributed by atoms with E-state index in [0.717, 1.165) is 5.56 Å². The van der Waals surface area contributed by atoms with E-state index in [1.165, 1.54) is 14.0 Å². The molecule has 0 heterocycles. The number of ether oxygens (including phenoxy) is 3.